The standard InChI is InChI=1S/C16H18N2O3/c1-20-14-6-5-12(10-15(14)21-2)16(19)18-9-8-17-7-3-4-13(17)11-18/h3-7,10H,8-9,11H2,1-2H3. The van der Waals surface area contributed by atoms with Crippen LogP contribution < -0.4 is 9.47 Å². The summed E-state index contributed by atoms with van der Waals surface area (Å²) in [6, 6.07) is 9.33. The van der Waals surface area contributed by atoms with Gasteiger partial charge in [0.25, 0.3) is 5.91 Å². The number of carbonyl (C=O) groups excluding carboxylic acids is 1. The first-order valence-electron chi connectivity index (χ1n) is 6.88. The summed E-state index contributed by atoms with van der Waals surface area (Å²) < 4.78 is 12.6. The molecule has 110 valence electrons. The fourth-order valence-corrected chi connectivity index (χ4v) is 2.64. The molecule has 5 nitrogen and oxygen atoms in total. The fourth-order valence-electron chi connectivity index (χ4n) is 2.64. The third kappa shape index (κ3) is 2.46. The largest absolute Gasteiger partial charge is 0.493 e. The summed E-state index contributed by atoms with van der Waals surface area (Å²) in [5.74, 6) is 1.22. The molecule has 0 atom stereocenters. The van der Waals surface area contributed by atoms with Crippen LogP contribution in [-0.4, -0.2) is 36.1 Å². The Kier molecular flexibility index (Phi) is 3.56. The van der Waals surface area contributed by atoms with E-state index < -0.39 is 0 Å². The van der Waals surface area contributed by atoms with Crippen molar-refractivity contribution in [3.63, 3.8) is 0 Å². The molecule has 2 heterocycles. The molecule has 1 aromatic carbocycles. The van der Waals surface area contributed by atoms with Gasteiger partial charge >= 0.3 is 0 Å². The van der Waals surface area contributed by atoms with Crippen molar-refractivity contribution in [2.24, 2.45) is 0 Å². The van der Waals surface area contributed by atoms with E-state index >= 15 is 0 Å². The number of fused-ring (bicyclic) bond motifs is 1. The summed E-state index contributed by atoms with van der Waals surface area (Å²) in [6.45, 7) is 2.19. The summed E-state index contributed by atoms with van der Waals surface area (Å²) in [6.07, 6.45) is 2.05. The van der Waals surface area contributed by atoms with Gasteiger partial charge in [-0.05, 0) is 30.3 Å². The molecule has 1 aliphatic heterocycles. The summed E-state index contributed by atoms with van der Waals surface area (Å²) in [5.41, 5.74) is 1.78. The van der Waals surface area contributed by atoms with E-state index in [-0.39, 0.29) is 5.91 Å². The van der Waals surface area contributed by atoms with Crippen LogP contribution in [0.2, 0.25) is 0 Å². The Hall–Kier alpha value is -2.43. The normalized spacial score (nSPS) is 13.7. The number of aromatic nitrogens is 1. The van der Waals surface area contributed by atoms with E-state index in [1.807, 2.05) is 23.2 Å². The molecule has 0 saturated heterocycles. The minimum absolute atomic E-state index is 0.0170. The van der Waals surface area contributed by atoms with Crippen LogP contribution in [0, 0.1) is 0 Å². The smallest absolute Gasteiger partial charge is 0.254 e. The van der Waals surface area contributed by atoms with E-state index in [1.165, 1.54) is 0 Å². The summed E-state index contributed by atoms with van der Waals surface area (Å²) in [4.78, 5) is 14.5. The third-order valence-electron chi connectivity index (χ3n) is 3.80. The van der Waals surface area contributed by atoms with Crippen molar-refractivity contribution < 1.29 is 14.3 Å². The second kappa shape index (κ2) is 5.52. The summed E-state index contributed by atoms with van der Waals surface area (Å²) in [5, 5.41) is 0. The van der Waals surface area contributed by atoms with E-state index in [0.29, 0.717) is 23.6 Å². The zero-order chi connectivity index (χ0) is 14.8. The van der Waals surface area contributed by atoms with Gasteiger partial charge in [0.2, 0.25) is 0 Å². The van der Waals surface area contributed by atoms with Crippen LogP contribution in [-0.2, 0) is 13.1 Å². The van der Waals surface area contributed by atoms with Gasteiger partial charge in [-0.2, -0.15) is 0 Å². The van der Waals surface area contributed by atoms with Gasteiger partial charge in [-0.15, -0.1) is 0 Å². The maximum Gasteiger partial charge on any atom is 0.254 e. The van der Waals surface area contributed by atoms with Crippen LogP contribution >= 0.6 is 0 Å². The molecular formula is C16H18N2O3. The Morgan fingerprint density at radius 3 is 2.67 bits per heavy atom. The molecule has 0 aliphatic carbocycles. The van der Waals surface area contributed by atoms with E-state index in [2.05, 4.69) is 4.57 Å². The number of nitrogens with zero attached hydrogens (tertiary/aromatic N) is 2. The van der Waals surface area contributed by atoms with Crippen molar-refractivity contribution in [2.45, 2.75) is 13.1 Å². The highest BCUT2D eigenvalue weighted by atomic mass is 16.5. The number of methoxy groups -OCH3 is 2. The molecule has 0 N–H and O–H groups in total. The SMILES string of the molecule is COc1ccc(C(=O)N2CCn3cccc3C2)cc1OC. The Morgan fingerprint density at radius 2 is 1.90 bits per heavy atom. The van der Waals surface area contributed by atoms with Crippen LogP contribution in [0.15, 0.2) is 36.5 Å². The molecule has 2 aromatic rings. The lowest BCUT2D eigenvalue weighted by Gasteiger charge is -2.29. The number of hydrogen-bond acceptors (Lipinski definition) is 3. The van der Waals surface area contributed by atoms with Crippen molar-refractivity contribution in [3.05, 3.63) is 47.8 Å². The van der Waals surface area contributed by atoms with Gasteiger partial charge < -0.3 is 18.9 Å². The van der Waals surface area contributed by atoms with Crippen molar-refractivity contribution in [2.75, 3.05) is 20.8 Å². The first-order valence-corrected chi connectivity index (χ1v) is 6.88. The molecule has 1 aliphatic rings. The summed E-state index contributed by atoms with van der Waals surface area (Å²) >= 11 is 0. The minimum atomic E-state index is 0.0170. The van der Waals surface area contributed by atoms with Crippen LogP contribution in [0.25, 0.3) is 0 Å². The molecule has 0 radical (unpaired) electrons. The zero-order valence-electron chi connectivity index (χ0n) is 12.2. The molecule has 0 unspecified atom stereocenters. The lowest BCUT2D eigenvalue weighted by atomic mass is 10.1. The van der Waals surface area contributed by atoms with Crippen LogP contribution in [0.4, 0.5) is 0 Å². The van der Waals surface area contributed by atoms with E-state index in [0.717, 1.165) is 18.8 Å². The molecule has 0 spiro atoms. The predicted octanol–water partition coefficient (Wildman–Crippen LogP) is 2.16. The molecule has 21 heavy (non-hydrogen) atoms. The topological polar surface area (TPSA) is 43.7 Å². The molecule has 0 fully saturated rings. The van der Waals surface area contributed by atoms with Gasteiger partial charge in [0.15, 0.2) is 11.5 Å². The summed E-state index contributed by atoms with van der Waals surface area (Å²) in [7, 11) is 3.15. The average molecular weight is 286 g/mol. The Labute approximate surface area is 123 Å². The van der Waals surface area contributed by atoms with E-state index in [1.54, 1.807) is 32.4 Å². The minimum Gasteiger partial charge on any atom is -0.493 e. The number of hydrogen-bond donors (Lipinski definition) is 0. The van der Waals surface area contributed by atoms with E-state index in [4.69, 9.17) is 9.47 Å². The lowest BCUT2D eigenvalue weighted by molar-refractivity contribution is 0.0711. The van der Waals surface area contributed by atoms with Gasteiger partial charge in [0.1, 0.15) is 0 Å². The molecule has 1 aromatic heterocycles. The van der Waals surface area contributed by atoms with E-state index in [9.17, 15) is 4.79 Å². The third-order valence-corrected chi connectivity index (χ3v) is 3.80. The first kappa shape index (κ1) is 13.5. The molecule has 3 rings (SSSR count). The van der Waals surface area contributed by atoms with Crippen LogP contribution in [0.1, 0.15) is 16.1 Å². The molecular weight excluding hydrogens is 268 g/mol. The highest BCUT2D eigenvalue weighted by Crippen LogP contribution is 2.28. The van der Waals surface area contributed by atoms with Crippen molar-refractivity contribution in [1.29, 1.82) is 0 Å². The maximum atomic E-state index is 12.6. The van der Waals surface area contributed by atoms with Crippen molar-refractivity contribution >= 4 is 5.91 Å². The maximum absolute atomic E-state index is 12.6. The van der Waals surface area contributed by atoms with Crippen LogP contribution in [0.5, 0.6) is 11.5 Å². The van der Waals surface area contributed by atoms with Gasteiger partial charge in [0, 0.05) is 30.5 Å². The first-order chi connectivity index (χ1) is 10.2. The van der Waals surface area contributed by atoms with Gasteiger partial charge in [-0.1, -0.05) is 0 Å². The number of ether oxygens (including phenoxy) is 2. The molecule has 0 saturated carbocycles. The number of rotatable bonds is 3. The Bertz CT molecular complexity index is 663. The van der Waals surface area contributed by atoms with Crippen molar-refractivity contribution in [1.82, 2.24) is 9.47 Å². The molecule has 5 heteroatoms. The predicted molar refractivity (Wildman–Crippen MR) is 78.7 cm³/mol. The highest BCUT2D eigenvalue weighted by molar-refractivity contribution is 5.95. The van der Waals surface area contributed by atoms with Gasteiger partial charge in [-0.3, -0.25) is 4.79 Å². The zero-order valence-corrected chi connectivity index (χ0v) is 12.2. The number of amides is 1. The monoisotopic (exact) mass is 286 g/mol. The lowest BCUT2D eigenvalue weighted by Crippen LogP contribution is -2.37. The second-order valence-corrected chi connectivity index (χ2v) is 4.99. The second-order valence-electron chi connectivity index (χ2n) is 4.99. The van der Waals surface area contributed by atoms with Gasteiger partial charge in [-0.25, -0.2) is 0 Å². The van der Waals surface area contributed by atoms with Crippen LogP contribution in [0.3, 0.4) is 0 Å². The fraction of sp³-hybridized carbons (Fsp3) is 0.312. The van der Waals surface area contributed by atoms with Crippen molar-refractivity contribution in [3.8, 4) is 11.5 Å². The number of benzene rings is 1. The van der Waals surface area contributed by atoms with Gasteiger partial charge in [0.05, 0.1) is 20.8 Å². The highest BCUT2D eigenvalue weighted by Gasteiger charge is 2.22. The Balaban J connectivity index is 1.83. The average Bonchev–Trinajstić information content (AvgIpc) is 3.00. The molecule has 1 amide bonds. The molecule has 0 bridgehead atoms. The quantitative estimate of drug-likeness (QED) is 0.868. The number of carbonyl (C=O) groups is 1. The Morgan fingerprint density at radius 1 is 1.10 bits per heavy atom.